The summed E-state index contributed by atoms with van der Waals surface area (Å²) in [7, 11) is -1.95. The molecule has 24 heavy (non-hydrogen) atoms. The van der Waals surface area contributed by atoms with Crippen LogP contribution in [-0.2, 0) is 6.17 Å². The fourth-order valence-electron chi connectivity index (χ4n) is 3.31. The van der Waals surface area contributed by atoms with Gasteiger partial charge in [0.15, 0.2) is 0 Å². The highest BCUT2D eigenvalue weighted by Crippen LogP contribution is 2.16. The summed E-state index contributed by atoms with van der Waals surface area (Å²) in [5.74, 6) is 0. The molecule has 3 rings (SSSR count). The van der Waals surface area contributed by atoms with Gasteiger partial charge in [0.25, 0.3) is 0 Å². The molecular formula is C21H24N2Si. The normalized spacial score (nSPS) is 11.9. The number of rotatable bonds is 7. The van der Waals surface area contributed by atoms with Gasteiger partial charge >= 0.3 is 0 Å². The van der Waals surface area contributed by atoms with Crippen molar-refractivity contribution in [1.29, 1.82) is 0 Å². The van der Waals surface area contributed by atoms with Crippen LogP contribution >= 0.6 is 0 Å². The van der Waals surface area contributed by atoms with E-state index >= 15 is 0 Å². The number of aromatic nitrogens is 2. The van der Waals surface area contributed by atoms with E-state index in [1.54, 1.807) is 0 Å². The Labute approximate surface area is 145 Å². The lowest BCUT2D eigenvalue weighted by molar-refractivity contribution is 0.855. The second-order valence-corrected chi connectivity index (χ2v) is 10.2. The molecule has 0 fully saturated rings. The zero-order valence-electron chi connectivity index (χ0n) is 14.2. The van der Waals surface area contributed by atoms with Crippen LogP contribution in [0.2, 0.25) is 6.04 Å². The molecule has 2 aromatic carbocycles. The van der Waals surface area contributed by atoms with Crippen molar-refractivity contribution in [2.75, 3.05) is 0 Å². The second kappa shape index (κ2) is 7.93. The van der Waals surface area contributed by atoms with Gasteiger partial charge < -0.3 is 4.57 Å². The van der Waals surface area contributed by atoms with Gasteiger partial charge in [0, 0.05) is 18.6 Å². The van der Waals surface area contributed by atoms with E-state index in [1.807, 2.05) is 12.5 Å². The zero-order valence-corrected chi connectivity index (χ0v) is 15.2. The van der Waals surface area contributed by atoms with Crippen LogP contribution in [-0.4, -0.2) is 17.6 Å². The van der Waals surface area contributed by atoms with Crippen molar-refractivity contribution in [3.8, 4) is 0 Å². The maximum Gasteiger partial charge on any atom is 0.141 e. The molecule has 0 atom stereocenters. The van der Waals surface area contributed by atoms with E-state index in [4.69, 9.17) is 0 Å². The summed E-state index contributed by atoms with van der Waals surface area (Å²) in [5, 5.41) is 2.95. The number of hydrogen-bond donors (Lipinski definition) is 0. The van der Waals surface area contributed by atoms with Crippen LogP contribution in [0, 0.1) is 0 Å². The minimum absolute atomic E-state index is 1.01. The first kappa shape index (κ1) is 16.5. The van der Waals surface area contributed by atoms with Gasteiger partial charge in [-0.1, -0.05) is 90.1 Å². The summed E-state index contributed by atoms with van der Waals surface area (Å²) in [4.78, 5) is 4.26. The van der Waals surface area contributed by atoms with E-state index < -0.39 is 8.07 Å². The first-order chi connectivity index (χ1) is 11.8. The third kappa shape index (κ3) is 3.57. The highest BCUT2D eigenvalue weighted by molar-refractivity contribution is 7.01. The van der Waals surface area contributed by atoms with E-state index in [-0.39, 0.29) is 0 Å². The quantitative estimate of drug-likeness (QED) is 0.477. The lowest BCUT2D eigenvalue weighted by Crippen LogP contribution is -2.61. The van der Waals surface area contributed by atoms with Crippen LogP contribution in [0.3, 0.4) is 0 Å². The Kier molecular flexibility index (Phi) is 5.44. The van der Waals surface area contributed by atoms with Crippen LogP contribution in [0.25, 0.3) is 0 Å². The van der Waals surface area contributed by atoms with Crippen molar-refractivity contribution in [1.82, 2.24) is 9.55 Å². The minimum atomic E-state index is -1.95. The molecule has 0 unspecified atom stereocenters. The summed E-state index contributed by atoms with van der Waals surface area (Å²) in [6.07, 6.45) is 12.7. The molecule has 0 N–H and O–H groups in total. The monoisotopic (exact) mass is 332 g/mol. The molecule has 0 spiro atoms. The number of nitrogens with zero attached hydrogens (tertiary/aromatic N) is 2. The van der Waals surface area contributed by atoms with E-state index in [0.717, 1.165) is 18.6 Å². The number of benzene rings is 2. The molecule has 1 aromatic heterocycles. The van der Waals surface area contributed by atoms with Gasteiger partial charge in [-0.2, -0.15) is 0 Å². The third-order valence-corrected chi connectivity index (χ3v) is 9.25. The molecule has 0 saturated carbocycles. The van der Waals surface area contributed by atoms with Crippen molar-refractivity contribution in [3.63, 3.8) is 0 Å². The van der Waals surface area contributed by atoms with Gasteiger partial charge in [0.1, 0.15) is 8.07 Å². The predicted octanol–water partition coefficient (Wildman–Crippen LogP) is 3.65. The molecule has 3 heteroatoms. The van der Waals surface area contributed by atoms with Gasteiger partial charge in [0.2, 0.25) is 0 Å². The maximum atomic E-state index is 4.26. The maximum absolute atomic E-state index is 4.26. The lowest BCUT2D eigenvalue weighted by Gasteiger charge is -2.32. The van der Waals surface area contributed by atoms with Crippen LogP contribution in [0.15, 0.2) is 91.5 Å². The smallest absolute Gasteiger partial charge is 0.141 e. The van der Waals surface area contributed by atoms with Crippen molar-refractivity contribution in [3.05, 3.63) is 91.5 Å². The molecule has 0 bridgehead atoms. The highest BCUT2D eigenvalue weighted by atomic mass is 28.3. The lowest BCUT2D eigenvalue weighted by atomic mass is 10.4. The molecule has 3 aromatic rings. The van der Waals surface area contributed by atoms with Crippen LogP contribution < -0.4 is 10.4 Å². The van der Waals surface area contributed by atoms with Crippen molar-refractivity contribution in [2.24, 2.45) is 0 Å². The van der Waals surface area contributed by atoms with Gasteiger partial charge in [-0.05, 0) is 12.5 Å². The summed E-state index contributed by atoms with van der Waals surface area (Å²) < 4.78 is 2.24. The first-order valence-electron chi connectivity index (χ1n) is 8.57. The molecule has 0 radical (unpaired) electrons. The molecule has 0 aliphatic heterocycles. The van der Waals surface area contributed by atoms with E-state index in [2.05, 4.69) is 95.5 Å². The van der Waals surface area contributed by atoms with Crippen molar-refractivity contribution < 1.29 is 0 Å². The van der Waals surface area contributed by atoms with Crippen LogP contribution in [0.1, 0.15) is 13.3 Å². The second-order valence-electron chi connectivity index (χ2n) is 6.13. The summed E-state index contributed by atoms with van der Waals surface area (Å²) in [6, 6.07) is 23.2. The molecule has 122 valence electrons. The summed E-state index contributed by atoms with van der Waals surface area (Å²) in [6.45, 7) is 2.20. The molecule has 1 heterocycles. The van der Waals surface area contributed by atoms with E-state index in [0.29, 0.717) is 0 Å². The topological polar surface area (TPSA) is 17.8 Å². The Morgan fingerprint density at radius 1 is 0.917 bits per heavy atom. The Balaban J connectivity index is 2.13. The summed E-state index contributed by atoms with van der Waals surface area (Å²) in [5.41, 5.74) is 0. The van der Waals surface area contributed by atoms with Gasteiger partial charge in [-0.15, -0.1) is 0 Å². The average molecular weight is 333 g/mol. The van der Waals surface area contributed by atoms with Gasteiger partial charge in [-0.25, -0.2) is 4.98 Å². The SMILES string of the molecule is CCC=CC[Si](Cn1ccnc1)(c1ccccc1)c1ccccc1. The zero-order chi connectivity index (χ0) is 16.7. The van der Waals surface area contributed by atoms with E-state index in [1.165, 1.54) is 10.4 Å². The Morgan fingerprint density at radius 2 is 1.54 bits per heavy atom. The third-order valence-electron chi connectivity index (χ3n) is 4.53. The predicted molar refractivity (Wildman–Crippen MR) is 104 cm³/mol. The number of allylic oxidation sites excluding steroid dienone is 2. The largest absolute Gasteiger partial charge is 0.340 e. The highest BCUT2D eigenvalue weighted by Gasteiger charge is 2.36. The van der Waals surface area contributed by atoms with Gasteiger partial charge in [-0.3, -0.25) is 0 Å². The standard InChI is InChI=1S/C21H24N2Si/c1-2-3-10-17-24(19-23-16-15-22-18-23,20-11-6-4-7-12-20)21-13-8-5-9-14-21/h3-16,18H,2,17,19H2,1H3. The fraction of sp³-hybridized carbons (Fsp3) is 0.190. The Hall–Kier alpha value is -2.39. The molecular weight excluding hydrogens is 308 g/mol. The number of imidazole rings is 1. The number of hydrogen-bond acceptors (Lipinski definition) is 1. The molecule has 0 aliphatic carbocycles. The Bertz CT molecular complexity index is 710. The first-order valence-corrected chi connectivity index (χ1v) is 11.0. The summed E-state index contributed by atoms with van der Waals surface area (Å²) >= 11 is 0. The van der Waals surface area contributed by atoms with Crippen molar-refractivity contribution >= 4 is 18.4 Å². The van der Waals surface area contributed by atoms with E-state index in [9.17, 15) is 0 Å². The van der Waals surface area contributed by atoms with Gasteiger partial charge in [0.05, 0.1) is 6.33 Å². The fourth-order valence-corrected chi connectivity index (χ4v) is 7.65. The molecule has 0 aliphatic rings. The van der Waals surface area contributed by atoms with Crippen molar-refractivity contribution in [2.45, 2.75) is 25.6 Å². The molecule has 2 nitrogen and oxygen atoms in total. The molecule has 0 amide bonds. The molecule has 0 saturated heterocycles. The average Bonchev–Trinajstić information content (AvgIpc) is 3.15. The minimum Gasteiger partial charge on any atom is -0.340 e. The van der Waals surface area contributed by atoms with Crippen LogP contribution in [0.4, 0.5) is 0 Å². The van der Waals surface area contributed by atoms with Crippen LogP contribution in [0.5, 0.6) is 0 Å². The Morgan fingerprint density at radius 3 is 2.04 bits per heavy atom.